The summed E-state index contributed by atoms with van der Waals surface area (Å²) in [5.41, 5.74) is 2.39. The Kier molecular flexibility index (Phi) is 8.49. The highest BCUT2D eigenvalue weighted by molar-refractivity contribution is 6.04. The average molecular weight is 385 g/mol. The number of carbonyl (C=O) groups excluding carboxylic acids is 2. The van der Waals surface area contributed by atoms with Gasteiger partial charge in [-0.1, -0.05) is 25.1 Å². The molecular weight excluding hydrogens is 358 g/mol. The van der Waals surface area contributed by atoms with Crippen molar-refractivity contribution in [2.75, 3.05) is 25.1 Å². The molecule has 0 fully saturated rings. The normalized spacial score (nSPS) is 11.5. The summed E-state index contributed by atoms with van der Waals surface area (Å²) in [4.78, 5) is 24.3. The molecule has 6 heteroatoms. The number of ether oxygens (including phenoxy) is 3. The third kappa shape index (κ3) is 6.39. The van der Waals surface area contributed by atoms with Crippen molar-refractivity contribution in [2.24, 2.45) is 0 Å². The lowest BCUT2D eigenvalue weighted by molar-refractivity contribution is -0.152. The second kappa shape index (κ2) is 11.1. The molecule has 1 atom stereocenters. The Morgan fingerprint density at radius 3 is 2.39 bits per heavy atom. The van der Waals surface area contributed by atoms with E-state index in [1.165, 1.54) is 0 Å². The van der Waals surface area contributed by atoms with Crippen molar-refractivity contribution in [3.63, 3.8) is 0 Å². The molecule has 1 amide bonds. The number of aryl methyl sites for hydroxylation is 1. The highest BCUT2D eigenvalue weighted by Crippen LogP contribution is 2.18. The summed E-state index contributed by atoms with van der Waals surface area (Å²) < 4.78 is 15.8. The van der Waals surface area contributed by atoms with Crippen LogP contribution in [-0.2, 0) is 20.7 Å². The van der Waals surface area contributed by atoms with Crippen molar-refractivity contribution in [3.8, 4) is 5.75 Å². The second-order valence-corrected chi connectivity index (χ2v) is 6.11. The number of amides is 1. The van der Waals surface area contributed by atoms with Crippen molar-refractivity contribution < 1.29 is 23.8 Å². The van der Waals surface area contributed by atoms with Gasteiger partial charge in [0, 0.05) is 17.9 Å². The van der Waals surface area contributed by atoms with Crippen LogP contribution in [0.3, 0.4) is 0 Å². The second-order valence-electron chi connectivity index (χ2n) is 6.11. The zero-order chi connectivity index (χ0) is 20.4. The van der Waals surface area contributed by atoms with Crippen LogP contribution in [0, 0.1) is 0 Å². The van der Waals surface area contributed by atoms with E-state index in [1.54, 1.807) is 31.2 Å². The van der Waals surface area contributed by atoms with Crippen LogP contribution < -0.4 is 10.1 Å². The first-order valence-corrected chi connectivity index (χ1v) is 9.45. The largest absolute Gasteiger partial charge is 0.479 e. The molecule has 0 aromatic heterocycles. The zero-order valence-electron chi connectivity index (χ0n) is 16.6. The number of nitrogens with one attached hydrogen (secondary N) is 1. The highest BCUT2D eigenvalue weighted by Gasteiger charge is 2.16. The fourth-order valence-corrected chi connectivity index (χ4v) is 2.55. The molecule has 150 valence electrons. The van der Waals surface area contributed by atoms with E-state index in [0.29, 0.717) is 24.5 Å². The summed E-state index contributed by atoms with van der Waals surface area (Å²) in [6, 6.07) is 14.3. The van der Waals surface area contributed by atoms with Gasteiger partial charge in [-0.05, 0) is 56.2 Å². The van der Waals surface area contributed by atoms with Gasteiger partial charge in [-0.2, -0.15) is 0 Å². The van der Waals surface area contributed by atoms with Crippen LogP contribution in [0.25, 0.3) is 0 Å². The van der Waals surface area contributed by atoms with E-state index in [-0.39, 0.29) is 12.5 Å². The van der Waals surface area contributed by atoms with Crippen molar-refractivity contribution in [2.45, 2.75) is 33.3 Å². The van der Waals surface area contributed by atoms with Gasteiger partial charge in [0.15, 0.2) is 6.10 Å². The number of anilines is 1. The number of benzene rings is 2. The fraction of sp³-hybridized carbons (Fsp3) is 0.364. The molecule has 0 heterocycles. The van der Waals surface area contributed by atoms with Gasteiger partial charge >= 0.3 is 5.97 Å². The Bertz CT molecular complexity index is 773. The summed E-state index contributed by atoms with van der Waals surface area (Å²) in [5.74, 6) is -0.173. The first-order chi connectivity index (χ1) is 13.5. The van der Waals surface area contributed by atoms with Crippen LogP contribution in [0.15, 0.2) is 48.5 Å². The minimum absolute atomic E-state index is 0.193. The van der Waals surface area contributed by atoms with Crippen LogP contribution in [0.5, 0.6) is 5.75 Å². The maximum absolute atomic E-state index is 12.5. The van der Waals surface area contributed by atoms with E-state index < -0.39 is 12.1 Å². The van der Waals surface area contributed by atoms with Crippen LogP contribution in [0.4, 0.5) is 5.69 Å². The number of rotatable bonds is 10. The molecule has 0 radical (unpaired) electrons. The molecule has 0 saturated carbocycles. The van der Waals surface area contributed by atoms with E-state index in [9.17, 15) is 9.59 Å². The Hall–Kier alpha value is -2.86. The van der Waals surface area contributed by atoms with Crippen molar-refractivity contribution >= 4 is 17.6 Å². The number of esters is 1. The van der Waals surface area contributed by atoms with Crippen LogP contribution in [-0.4, -0.2) is 37.8 Å². The lowest BCUT2D eigenvalue weighted by Crippen LogP contribution is -2.27. The maximum Gasteiger partial charge on any atom is 0.347 e. The highest BCUT2D eigenvalue weighted by atomic mass is 16.6. The maximum atomic E-state index is 12.5. The number of hydrogen-bond donors (Lipinski definition) is 1. The lowest BCUT2D eigenvalue weighted by Gasteiger charge is -2.14. The molecule has 2 rings (SSSR count). The van der Waals surface area contributed by atoms with Crippen molar-refractivity contribution in [1.82, 2.24) is 0 Å². The predicted octanol–water partition coefficient (Wildman–Crippen LogP) is 3.85. The van der Waals surface area contributed by atoms with E-state index in [0.717, 1.165) is 17.7 Å². The van der Waals surface area contributed by atoms with Crippen LogP contribution >= 0.6 is 0 Å². The summed E-state index contributed by atoms with van der Waals surface area (Å²) in [7, 11) is 0. The number of para-hydroxylation sites is 1. The monoisotopic (exact) mass is 385 g/mol. The average Bonchev–Trinajstić information content (AvgIpc) is 2.72. The summed E-state index contributed by atoms with van der Waals surface area (Å²) in [6.45, 7) is 6.66. The molecule has 0 spiro atoms. The lowest BCUT2D eigenvalue weighted by atomic mass is 10.1. The fourth-order valence-electron chi connectivity index (χ4n) is 2.55. The smallest absolute Gasteiger partial charge is 0.347 e. The van der Waals surface area contributed by atoms with Gasteiger partial charge < -0.3 is 19.5 Å². The van der Waals surface area contributed by atoms with E-state index in [4.69, 9.17) is 14.2 Å². The Balaban J connectivity index is 1.90. The molecule has 6 nitrogen and oxygen atoms in total. The number of carbonyl (C=O) groups is 2. The molecule has 0 saturated heterocycles. The van der Waals surface area contributed by atoms with Gasteiger partial charge in [-0.3, -0.25) is 4.79 Å². The quantitative estimate of drug-likeness (QED) is 0.497. The first-order valence-electron chi connectivity index (χ1n) is 9.45. The number of hydrogen-bond acceptors (Lipinski definition) is 5. The summed E-state index contributed by atoms with van der Waals surface area (Å²) in [5, 5.41) is 2.92. The minimum atomic E-state index is -0.752. The molecule has 0 aliphatic heterocycles. The van der Waals surface area contributed by atoms with E-state index in [2.05, 4.69) is 5.32 Å². The van der Waals surface area contributed by atoms with E-state index >= 15 is 0 Å². The predicted molar refractivity (Wildman–Crippen MR) is 108 cm³/mol. The Labute approximate surface area is 165 Å². The Morgan fingerprint density at radius 1 is 1.00 bits per heavy atom. The first kappa shape index (κ1) is 21.4. The van der Waals surface area contributed by atoms with Crippen molar-refractivity contribution in [1.29, 1.82) is 0 Å². The Morgan fingerprint density at radius 2 is 1.71 bits per heavy atom. The van der Waals surface area contributed by atoms with Crippen LogP contribution in [0.2, 0.25) is 0 Å². The molecule has 2 aromatic rings. The zero-order valence-corrected chi connectivity index (χ0v) is 16.6. The van der Waals surface area contributed by atoms with Crippen molar-refractivity contribution in [3.05, 3.63) is 59.7 Å². The molecule has 0 bridgehead atoms. The third-order valence-electron chi connectivity index (χ3n) is 4.08. The topological polar surface area (TPSA) is 73.9 Å². The van der Waals surface area contributed by atoms with Gasteiger partial charge in [0.1, 0.15) is 12.4 Å². The van der Waals surface area contributed by atoms with Gasteiger partial charge in [-0.25, -0.2) is 4.79 Å². The molecular formula is C22H27NO5. The van der Waals surface area contributed by atoms with Gasteiger partial charge in [0.05, 0.1) is 6.61 Å². The summed E-state index contributed by atoms with van der Waals surface area (Å²) in [6.07, 6.45) is 0.0830. The molecule has 1 N–H and O–H groups in total. The molecule has 2 aromatic carbocycles. The van der Waals surface area contributed by atoms with E-state index in [1.807, 2.05) is 38.1 Å². The molecule has 0 aliphatic carbocycles. The third-order valence-corrected chi connectivity index (χ3v) is 4.08. The molecule has 28 heavy (non-hydrogen) atoms. The molecule has 0 aliphatic rings. The van der Waals surface area contributed by atoms with Crippen LogP contribution in [0.1, 0.15) is 36.7 Å². The minimum Gasteiger partial charge on any atom is -0.479 e. The summed E-state index contributed by atoms with van der Waals surface area (Å²) >= 11 is 0. The van der Waals surface area contributed by atoms with Gasteiger partial charge in [-0.15, -0.1) is 0 Å². The standard InChI is InChI=1S/C22H27NO5/c1-4-17-8-6-7-9-20(17)23-21(24)18-10-12-19(13-11-18)28-16(3)22(25)27-15-14-26-5-2/h6-13,16H,4-5,14-15H2,1-3H3,(H,23,24)/t16-/m0/s1. The van der Waals surface area contributed by atoms with Gasteiger partial charge in [0.2, 0.25) is 0 Å². The van der Waals surface area contributed by atoms with Gasteiger partial charge in [0.25, 0.3) is 5.91 Å². The SMILES string of the molecule is CCOCCOC(=O)[C@H](C)Oc1ccc(C(=O)Nc2ccccc2CC)cc1. The molecule has 0 unspecified atom stereocenters.